The van der Waals surface area contributed by atoms with E-state index in [-0.39, 0.29) is 12.4 Å². The van der Waals surface area contributed by atoms with Gasteiger partial charge in [-0.2, -0.15) is 4.98 Å². The van der Waals surface area contributed by atoms with Crippen LogP contribution in [0.2, 0.25) is 0 Å². The number of rotatable bonds is 3. The molecule has 1 aliphatic heterocycles. The molecule has 2 rings (SSSR count). The highest BCUT2D eigenvalue weighted by Crippen LogP contribution is 2.33. The van der Waals surface area contributed by atoms with E-state index < -0.39 is 29.0 Å². The average molecular weight is 458 g/mol. The molecule has 0 radical (unpaired) electrons. The molecular formula is C11H13BrIN3O4. The highest BCUT2D eigenvalue weighted by molar-refractivity contribution is 14.1. The monoisotopic (exact) mass is 457 g/mol. The fraction of sp³-hybridized carbons (Fsp3) is 0.455. The summed E-state index contributed by atoms with van der Waals surface area (Å²) in [6.45, 7) is -0.263. The van der Waals surface area contributed by atoms with Gasteiger partial charge in [0.05, 0.1) is 17.5 Å². The smallest absolute Gasteiger partial charge is 0.351 e. The summed E-state index contributed by atoms with van der Waals surface area (Å²) in [6.07, 6.45) is 0.677. The molecule has 9 heteroatoms. The standard InChI is InChI=1S/C11H13BrIN3O4/c12-7-6(4-17)20-10(8(7)18)16-3-5(1-2-13)9(14)15-11(16)19/h1-3,6-8,10,17-18H,4H2,(H2,14,15,19)/t6-,7+,8-,10-/m1/s1. The third-order valence-electron chi connectivity index (χ3n) is 3.00. The third-order valence-corrected chi connectivity index (χ3v) is 4.49. The van der Waals surface area contributed by atoms with Crippen molar-refractivity contribution in [2.45, 2.75) is 23.3 Å². The summed E-state index contributed by atoms with van der Waals surface area (Å²) in [5.74, 6) is 0.112. The summed E-state index contributed by atoms with van der Waals surface area (Å²) < 4.78 is 8.39. The van der Waals surface area contributed by atoms with Crippen LogP contribution in [0, 0.1) is 0 Å². The first-order valence-electron chi connectivity index (χ1n) is 5.73. The summed E-state index contributed by atoms with van der Waals surface area (Å²) in [5, 5.41) is 19.3. The van der Waals surface area contributed by atoms with Gasteiger partial charge >= 0.3 is 5.69 Å². The topological polar surface area (TPSA) is 111 Å². The number of hydrogen-bond acceptors (Lipinski definition) is 6. The van der Waals surface area contributed by atoms with Crippen LogP contribution in [0.1, 0.15) is 11.8 Å². The van der Waals surface area contributed by atoms with E-state index >= 15 is 0 Å². The number of ether oxygens (including phenoxy) is 1. The molecule has 1 aromatic heterocycles. The predicted octanol–water partition coefficient (Wildman–Crippen LogP) is 0.245. The molecule has 0 aliphatic carbocycles. The molecule has 0 amide bonds. The van der Waals surface area contributed by atoms with E-state index in [2.05, 4.69) is 20.9 Å². The molecule has 4 atom stereocenters. The summed E-state index contributed by atoms with van der Waals surface area (Å²) in [6, 6.07) is 0. The van der Waals surface area contributed by atoms with Crippen molar-refractivity contribution in [1.29, 1.82) is 0 Å². The SMILES string of the molecule is Nc1nc(=O)n([C@@H]2O[C@H](CO)[C@H](Br)[C@H]2O)cc1C=CI. The predicted molar refractivity (Wildman–Crippen MR) is 85.7 cm³/mol. The molecule has 4 N–H and O–H groups in total. The maximum Gasteiger partial charge on any atom is 0.351 e. The first kappa shape index (κ1) is 15.9. The fourth-order valence-corrected chi connectivity index (χ4v) is 2.90. The molecule has 0 spiro atoms. The Morgan fingerprint density at radius 3 is 2.90 bits per heavy atom. The zero-order valence-corrected chi connectivity index (χ0v) is 13.9. The molecule has 1 aliphatic rings. The highest BCUT2D eigenvalue weighted by atomic mass is 127. The van der Waals surface area contributed by atoms with Gasteiger partial charge in [0.1, 0.15) is 11.9 Å². The van der Waals surface area contributed by atoms with Crippen LogP contribution >= 0.6 is 38.5 Å². The van der Waals surface area contributed by atoms with Crippen molar-refractivity contribution in [2.75, 3.05) is 12.3 Å². The van der Waals surface area contributed by atoms with Crippen LogP contribution in [0.5, 0.6) is 0 Å². The van der Waals surface area contributed by atoms with Crippen molar-refractivity contribution in [1.82, 2.24) is 9.55 Å². The minimum Gasteiger partial charge on any atom is -0.394 e. The zero-order chi connectivity index (χ0) is 14.9. The van der Waals surface area contributed by atoms with Crippen LogP contribution in [0.15, 0.2) is 15.1 Å². The number of nitrogens with two attached hydrogens (primary N) is 1. The van der Waals surface area contributed by atoms with E-state index in [1.807, 2.05) is 22.6 Å². The van der Waals surface area contributed by atoms with Crippen LogP contribution in [0.3, 0.4) is 0 Å². The highest BCUT2D eigenvalue weighted by Gasteiger charge is 2.43. The summed E-state index contributed by atoms with van der Waals surface area (Å²) in [5.41, 5.74) is 5.59. The molecule has 7 nitrogen and oxygen atoms in total. The lowest BCUT2D eigenvalue weighted by Gasteiger charge is -2.18. The third kappa shape index (κ3) is 2.91. The van der Waals surface area contributed by atoms with E-state index in [1.54, 1.807) is 10.2 Å². The van der Waals surface area contributed by atoms with E-state index in [4.69, 9.17) is 15.6 Å². The second-order valence-electron chi connectivity index (χ2n) is 4.25. The van der Waals surface area contributed by atoms with Gasteiger partial charge in [-0.15, -0.1) is 0 Å². The van der Waals surface area contributed by atoms with Crippen molar-refractivity contribution >= 4 is 50.4 Å². The molecular weight excluding hydrogens is 445 g/mol. The van der Waals surface area contributed by atoms with E-state index in [0.29, 0.717) is 5.56 Å². The van der Waals surface area contributed by atoms with Crippen LogP contribution in [-0.4, -0.2) is 43.4 Å². The Kier molecular flexibility index (Phi) is 5.18. The molecule has 1 fully saturated rings. The average Bonchev–Trinajstić information content (AvgIpc) is 2.70. The van der Waals surface area contributed by atoms with E-state index in [9.17, 15) is 9.90 Å². The minimum atomic E-state index is -0.980. The lowest BCUT2D eigenvalue weighted by atomic mass is 10.2. The summed E-state index contributed by atoms with van der Waals surface area (Å²) >= 11 is 5.27. The van der Waals surface area contributed by atoms with E-state index in [1.165, 1.54) is 10.8 Å². The molecule has 0 saturated carbocycles. The van der Waals surface area contributed by atoms with Gasteiger partial charge in [-0.25, -0.2) is 4.79 Å². The molecule has 0 aromatic carbocycles. The molecule has 1 saturated heterocycles. The molecule has 20 heavy (non-hydrogen) atoms. The second-order valence-corrected chi connectivity index (χ2v) is 6.02. The first-order chi connectivity index (χ1) is 9.49. The van der Waals surface area contributed by atoms with Gasteiger partial charge in [-0.1, -0.05) is 38.5 Å². The molecule has 110 valence electrons. The Labute approximate surface area is 136 Å². The maximum atomic E-state index is 11.9. The number of nitrogen functional groups attached to an aromatic ring is 1. The van der Waals surface area contributed by atoms with Crippen molar-refractivity contribution in [3.63, 3.8) is 0 Å². The molecule has 0 unspecified atom stereocenters. The number of aliphatic hydroxyl groups is 2. The van der Waals surface area contributed by atoms with Gasteiger partial charge in [-0.05, 0) is 10.2 Å². The number of aromatic nitrogens is 2. The number of anilines is 1. The van der Waals surface area contributed by atoms with Crippen molar-refractivity contribution in [2.24, 2.45) is 0 Å². The lowest BCUT2D eigenvalue weighted by molar-refractivity contribution is -0.0529. The Morgan fingerprint density at radius 1 is 1.65 bits per heavy atom. The quantitative estimate of drug-likeness (QED) is 0.443. The van der Waals surface area contributed by atoms with Gasteiger partial charge in [0.25, 0.3) is 0 Å². The molecule has 2 heterocycles. The fourth-order valence-electron chi connectivity index (χ4n) is 1.96. The molecule has 0 bridgehead atoms. The number of aliphatic hydroxyl groups excluding tert-OH is 2. The Bertz CT molecular complexity index is 579. The van der Waals surface area contributed by atoms with Gasteiger partial charge in [0.15, 0.2) is 6.23 Å². The Hall–Kier alpha value is -0.490. The number of hydrogen-bond donors (Lipinski definition) is 3. The van der Waals surface area contributed by atoms with Crippen LogP contribution in [0.4, 0.5) is 5.82 Å². The summed E-state index contributed by atoms with van der Waals surface area (Å²) in [7, 11) is 0. The lowest BCUT2D eigenvalue weighted by Crippen LogP contribution is -2.34. The molecule has 1 aromatic rings. The number of nitrogens with zero attached hydrogens (tertiary/aromatic N) is 2. The zero-order valence-electron chi connectivity index (χ0n) is 10.2. The van der Waals surface area contributed by atoms with Crippen LogP contribution in [-0.2, 0) is 4.74 Å². The van der Waals surface area contributed by atoms with Crippen molar-refractivity contribution in [3.05, 3.63) is 26.3 Å². The van der Waals surface area contributed by atoms with Crippen molar-refractivity contribution in [3.8, 4) is 0 Å². The first-order valence-corrected chi connectivity index (χ1v) is 7.89. The van der Waals surface area contributed by atoms with E-state index in [0.717, 1.165) is 0 Å². The Morgan fingerprint density at radius 2 is 2.35 bits per heavy atom. The van der Waals surface area contributed by atoms with Gasteiger partial charge < -0.3 is 20.7 Å². The largest absolute Gasteiger partial charge is 0.394 e. The minimum absolute atomic E-state index is 0.112. The van der Waals surface area contributed by atoms with Crippen LogP contribution < -0.4 is 11.4 Å². The van der Waals surface area contributed by atoms with Crippen molar-refractivity contribution < 1.29 is 14.9 Å². The van der Waals surface area contributed by atoms with Crippen LogP contribution in [0.25, 0.3) is 6.08 Å². The van der Waals surface area contributed by atoms with Gasteiger partial charge in [0, 0.05) is 11.8 Å². The normalized spacial score (nSPS) is 30.2. The second kappa shape index (κ2) is 6.52. The number of alkyl halides is 1. The Balaban J connectivity index is 2.43. The number of halogens is 2. The summed E-state index contributed by atoms with van der Waals surface area (Å²) in [4.78, 5) is 15.1. The van der Waals surface area contributed by atoms with Gasteiger partial charge in [0.2, 0.25) is 0 Å². The van der Waals surface area contributed by atoms with Gasteiger partial charge in [-0.3, -0.25) is 4.57 Å². The maximum absolute atomic E-state index is 11.9.